The van der Waals surface area contributed by atoms with Crippen molar-refractivity contribution < 1.29 is 38.8 Å². The van der Waals surface area contributed by atoms with Crippen LogP contribution in [0.1, 0.15) is 19.5 Å². The van der Waals surface area contributed by atoms with Gasteiger partial charge in [0.25, 0.3) is 11.8 Å². The van der Waals surface area contributed by atoms with Crippen LogP contribution in [0.15, 0.2) is 33.0 Å². The highest BCUT2D eigenvalue weighted by molar-refractivity contribution is 8.01. The van der Waals surface area contributed by atoms with Gasteiger partial charge in [-0.15, -0.1) is 23.1 Å². The normalized spacial score (nSPS) is 18.7. The molecule has 232 valence electrons. The van der Waals surface area contributed by atoms with Gasteiger partial charge in [-0.2, -0.15) is 4.98 Å². The SMILES string of the molecule is C[n+]1c(N)nn2c(SCC3=C(C(=O)O)N4C(=O)C(NC(=O)/C(=N\OC(C)(C)C(=O)O)c5csc(N)n5)[C@H]4SC3)nc(N)cc21. The predicted molar refractivity (Wildman–Crippen MR) is 159 cm³/mol. The lowest BCUT2D eigenvalue weighted by molar-refractivity contribution is -0.631. The third-order valence-corrected chi connectivity index (χ3v) is 9.59. The molecule has 1 fully saturated rings. The summed E-state index contributed by atoms with van der Waals surface area (Å²) in [6.45, 7) is 2.47. The van der Waals surface area contributed by atoms with Gasteiger partial charge in [0.15, 0.2) is 10.8 Å². The fourth-order valence-corrected chi connectivity index (χ4v) is 7.14. The quantitative estimate of drug-likeness (QED) is 0.0374. The van der Waals surface area contributed by atoms with Gasteiger partial charge in [-0.25, -0.2) is 19.1 Å². The van der Waals surface area contributed by atoms with Crippen LogP contribution < -0.4 is 27.1 Å². The van der Waals surface area contributed by atoms with E-state index in [-0.39, 0.29) is 39.8 Å². The molecule has 21 heteroatoms. The van der Waals surface area contributed by atoms with E-state index in [4.69, 9.17) is 22.0 Å². The molecule has 1 saturated heterocycles. The maximum Gasteiger partial charge on any atom is 0.376 e. The summed E-state index contributed by atoms with van der Waals surface area (Å²) >= 11 is 3.45. The molecule has 44 heavy (non-hydrogen) atoms. The average molecular weight is 665 g/mol. The number of aryl methyl sites for hydroxylation is 1. The second kappa shape index (κ2) is 11.5. The molecule has 0 aromatic carbocycles. The molecule has 5 rings (SSSR count). The topological polar surface area (TPSA) is 271 Å². The number of rotatable bonds is 10. The standard InChI is InChI=1S/C23H25N11O7S3/c1-23(2,19(39)40)41-31-12(9-7-43-21(26)27-9)15(35)29-13-16(36)33-14(18(37)38)8(5-42-17(13)33)6-44-22-28-10(24)4-11-32(3)20(25)30-34(11)22/h4,7,13,17,24H,5-6H2,1-3H3,(H7,25,26,27,29,30,35,37,38,39,40)/p+1/b31-12-/t13?,17-/m1/s1. The number of amides is 2. The number of oxime groups is 1. The Morgan fingerprint density at radius 1 is 1.27 bits per heavy atom. The van der Waals surface area contributed by atoms with Gasteiger partial charge in [-0.3, -0.25) is 14.5 Å². The summed E-state index contributed by atoms with van der Waals surface area (Å²) in [5, 5.41) is 31.1. The van der Waals surface area contributed by atoms with Crippen LogP contribution in [0.25, 0.3) is 5.65 Å². The maximum absolute atomic E-state index is 13.3. The largest absolute Gasteiger partial charge is 0.478 e. The molecule has 3 aromatic rings. The van der Waals surface area contributed by atoms with Crippen molar-refractivity contribution in [3.05, 3.63) is 28.4 Å². The number of hydrogen-bond acceptors (Lipinski definition) is 15. The van der Waals surface area contributed by atoms with Crippen molar-refractivity contribution in [1.82, 2.24) is 29.8 Å². The van der Waals surface area contributed by atoms with Crippen molar-refractivity contribution in [3.8, 4) is 0 Å². The fraction of sp³-hybridized carbons (Fsp3) is 0.348. The van der Waals surface area contributed by atoms with Crippen molar-refractivity contribution in [2.45, 2.75) is 36.0 Å². The summed E-state index contributed by atoms with van der Waals surface area (Å²) in [6, 6.07) is 0.495. The molecule has 0 bridgehead atoms. The number of fused-ring (bicyclic) bond motifs is 2. The Morgan fingerprint density at radius 3 is 2.64 bits per heavy atom. The number of carbonyl (C=O) groups excluding carboxylic acids is 2. The number of aliphatic carboxylic acids is 2. The highest BCUT2D eigenvalue weighted by Gasteiger charge is 2.54. The van der Waals surface area contributed by atoms with Crippen molar-refractivity contribution in [1.29, 1.82) is 0 Å². The number of anilines is 3. The fourth-order valence-electron chi connectivity index (χ4n) is 4.15. The van der Waals surface area contributed by atoms with Gasteiger partial charge < -0.3 is 37.6 Å². The summed E-state index contributed by atoms with van der Waals surface area (Å²) in [5.41, 5.74) is 16.2. The molecule has 0 spiro atoms. The number of thioether (sulfide) groups is 2. The second-order valence-corrected chi connectivity index (χ2v) is 12.9. The number of hydrogen-bond donors (Lipinski definition) is 6. The van der Waals surface area contributed by atoms with Crippen LogP contribution in [-0.4, -0.2) is 92.7 Å². The van der Waals surface area contributed by atoms with Crippen molar-refractivity contribution in [3.63, 3.8) is 0 Å². The van der Waals surface area contributed by atoms with E-state index in [1.165, 1.54) is 47.3 Å². The van der Waals surface area contributed by atoms with E-state index in [2.05, 4.69) is 25.5 Å². The zero-order chi connectivity index (χ0) is 32.1. The zero-order valence-corrected chi connectivity index (χ0v) is 25.7. The number of nitrogens with two attached hydrogens (primary N) is 3. The van der Waals surface area contributed by atoms with E-state index in [0.717, 1.165) is 16.2 Å². The maximum atomic E-state index is 13.3. The molecule has 1 unspecified atom stereocenters. The van der Waals surface area contributed by atoms with E-state index in [0.29, 0.717) is 16.4 Å². The van der Waals surface area contributed by atoms with Gasteiger partial charge in [-0.1, -0.05) is 21.4 Å². The molecule has 0 radical (unpaired) electrons. The van der Waals surface area contributed by atoms with Crippen LogP contribution >= 0.6 is 34.9 Å². The Bertz CT molecular complexity index is 1780. The number of nitrogens with zero attached hydrogens (tertiary/aromatic N) is 7. The minimum atomic E-state index is -1.78. The van der Waals surface area contributed by atoms with E-state index in [1.807, 2.05) is 0 Å². The Balaban J connectivity index is 1.35. The van der Waals surface area contributed by atoms with Crippen molar-refractivity contribution in [2.75, 3.05) is 28.7 Å². The third kappa shape index (κ3) is 5.55. The van der Waals surface area contributed by atoms with Gasteiger partial charge >= 0.3 is 17.9 Å². The molecule has 2 aliphatic rings. The number of aromatic nitrogens is 5. The highest BCUT2D eigenvalue weighted by atomic mass is 32.2. The first-order valence-electron chi connectivity index (χ1n) is 12.5. The molecule has 18 nitrogen and oxygen atoms in total. The molecule has 2 atom stereocenters. The third-order valence-electron chi connectivity index (χ3n) is 6.56. The van der Waals surface area contributed by atoms with Crippen LogP contribution in [-0.2, 0) is 31.1 Å². The average Bonchev–Trinajstić information content (AvgIpc) is 3.51. The molecule has 0 aliphatic carbocycles. The monoisotopic (exact) mass is 664 g/mol. The summed E-state index contributed by atoms with van der Waals surface area (Å²) in [4.78, 5) is 64.9. The van der Waals surface area contributed by atoms with Crippen LogP contribution in [0.4, 0.5) is 16.9 Å². The van der Waals surface area contributed by atoms with Gasteiger partial charge in [0.05, 0.1) is 7.05 Å². The molecule has 3 aromatic heterocycles. The lowest BCUT2D eigenvalue weighted by atomic mass is 10.0. The Labute approximate surface area is 260 Å². The number of carbonyl (C=O) groups is 4. The van der Waals surface area contributed by atoms with Gasteiger partial charge in [0.1, 0.15) is 28.6 Å². The van der Waals surface area contributed by atoms with E-state index < -0.39 is 46.5 Å². The van der Waals surface area contributed by atoms with Crippen LogP contribution in [0, 0.1) is 0 Å². The van der Waals surface area contributed by atoms with E-state index >= 15 is 0 Å². The minimum absolute atomic E-state index is 0.00773. The smallest absolute Gasteiger partial charge is 0.376 e. The summed E-state index contributed by atoms with van der Waals surface area (Å²) < 4.78 is 3.11. The van der Waals surface area contributed by atoms with Crippen LogP contribution in [0.3, 0.4) is 0 Å². The minimum Gasteiger partial charge on any atom is -0.478 e. The molecular formula is C23H26N11O7S3+. The first kappa shape index (κ1) is 30.8. The van der Waals surface area contributed by atoms with Crippen LogP contribution in [0.2, 0.25) is 0 Å². The molecule has 5 heterocycles. The molecule has 2 amide bonds. The molecular weight excluding hydrogens is 639 g/mol. The first-order valence-corrected chi connectivity index (χ1v) is 15.5. The second-order valence-electron chi connectivity index (χ2n) is 9.98. The Morgan fingerprint density at radius 2 is 2.00 bits per heavy atom. The van der Waals surface area contributed by atoms with Gasteiger partial charge in [0.2, 0.25) is 16.4 Å². The first-order chi connectivity index (χ1) is 20.7. The van der Waals surface area contributed by atoms with Crippen molar-refractivity contribution >= 4 is 86.9 Å². The van der Waals surface area contributed by atoms with E-state index in [9.17, 15) is 29.4 Å². The predicted octanol–water partition coefficient (Wildman–Crippen LogP) is -1.13. The molecule has 2 aliphatic heterocycles. The van der Waals surface area contributed by atoms with E-state index in [1.54, 1.807) is 17.7 Å². The number of β-lactam (4-membered cyclic amide) rings is 1. The van der Waals surface area contributed by atoms with Crippen LogP contribution in [0.5, 0.6) is 0 Å². The lowest BCUT2D eigenvalue weighted by Crippen LogP contribution is -2.71. The summed E-state index contributed by atoms with van der Waals surface area (Å²) in [6.07, 6.45) is 0. The summed E-state index contributed by atoms with van der Waals surface area (Å²) in [7, 11) is 1.71. The zero-order valence-electron chi connectivity index (χ0n) is 23.2. The lowest BCUT2D eigenvalue weighted by Gasteiger charge is -2.49. The number of carboxylic acid groups (broad SMARTS) is 2. The Hall–Kier alpha value is -4.63. The van der Waals surface area contributed by atoms with Gasteiger partial charge in [-0.05, 0) is 19.4 Å². The number of thiazole rings is 1. The summed E-state index contributed by atoms with van der Waals surface area (Å²) in [5.74, 6) is -3.36. The number of nitrogens with one attached hydrogen (secondary N) is 1. The Kier molecular flexibility index (Phi) is 8.03. The highest BCUT2D eigenvalue weighted by Crippen LogP contribution is 2.41. The van der Waals surface area contributed by atoms with Crippen molar-refractivity contribution in [2.24, 2.45) is 12.2 Å². The van der Waals surface area contributed by atoms with Gasteiger partial charge in [0, 0.05) is 28.1 Å². The molecule has 9 N–H and O–H groups in total. The number of carboxylic acids is 2. The molecule has 0 saturated carbocycles. The number of nitrogen functional groups attached to an aromatic ring is 3.